The van der Waals surface area contributed by atoms with Gasteiger partial charge in [0.1, 0.15) is 0 Å². The lowest BCUT2D eigenvalue weighted by atomic mass is 9.79. The number of hydrogen-bond acceptors (Lipinski definition) is 3. The summed E-state index contributed by atoms with van der Waals surface area (Å²) in [4.78, 5) is 16.7. The average Bonchev–Trinajstić information content (AvgIpc) is 3.27. The zero-order valence-corrected chi connectivity index (χ0v) is 14.1. The predicted molar refractivity (Wildman–Crippen MR) is 91.5 cm³/mol. The van der Waals surface area contributed by atoms with Crippen LogP contribution in [0.3, 0.4) is 0 Å². The summed E-state index contributed by atoms with van der Waals surface area (Å²) in [6.45, 7) is 4.22. The Hall–Kier alpha value is -1.39. The number of benzene rings is 1. The lowest BCUT2D eigenvalue weighted by Crippen LogP contribution is -2.50. The smallest absolute Gasteiger partial charge is 0.236 e. The van der Waals surface area contributed by atoms with Crippen molar-refractivity contribution in [2.75, 3.05) is 39.8 Å². The Balaban J connectivity index is 1.35. The van der Waals surface area contributed by atoms with Gasteiger partial charge in [0.15, 0.2) is 0 Å². The zero-order chi connectivity index (χ0) is 15.9. The third-order valence-electron chi connectivity index (χ3n) is 6.05. The summed E-state index contributed by atoms with van der Waals surface area (Å²) in [5, 5.41) is 3.56. The van der Waals surface area contributed by atoms with Crippen molar-refractivity contribution in [3.8, 4) is 0 Å². The molecule has 4 heteroatoms. The maximum absolute atomic E-state index is 12.4. The van der Waals surface area contributed by atoms with Crippen molar-refractivity contribution in [1.82, 2.24) is 15.1 Å². The van der Waals surface area contributed by atoms with Crippen molar-refractivity contribution in [3.63, 3.8) is 0 Å². The second-order valence-electron chi connectivity index (χ2n) is 7.49. The van der Waals surface area contributed by atoms with Crippen molar-refractivity contribution in [2.24, 2.45) is 0 Å². The second-order valence-corrected chi connectivity index (χ2v) is 7.49. The SMILES string of the molecule is CN1CCN(C(=O)CNC2CC23CCCc2ccccc23)CC1. The molecule has 1 heterocycles. The third kappa shape index (κ3) is 2.79. The largest absolute Gasteiger partial charge is 0.339 e. The molecule has 0 bridgehead atoms. The fourth-order valence-electron chi connectivity index (χ4n) is 4.48. The number of nitrogens with one attached hydrogen (secondary N) is 1. The topological polar surface area (TPSA) is 35.6 Å². The molecule has 4 nitrogen and oxygen atoms in total. The number of carbonyl (C=O) groups excluding carboxylic acids is 1. The normalized spacial score (nSPS) is 30.3. The Kier molecular flexibility index (Phi) is 3.90. The summed E-state index contributed by atoms with van der Waals surface area (Å²) in [6.07, 6.45) is 4.96. The Morgan fingerprint density at radius 3 is 2.87 bits per heavy atom. The van der Waals surface area contributed by atoms with Crippen LogP contribution < -0.4 is 5.32 Å². The van der Waals surface area contributed by atoms with E-state index in [2.05, 4.69) is 41.5 Å². The summed E-state index contributed by atoms with van der Waals surface area (Å²) in [6, 6.07) is 9.38. The molecule has 2 unspecified atom stereocenters. The number of fused-ring (bicyclic) bond motifs is 2. The minimum absolute atomic E-state index is 0.268. The number of rotatable bonds is 3. The van der Waals surface area contributed by atoms with Gasteiger partial charge in [-0.3, -0.25) is 4.79 Å². The lowest BCUT2D eigenvalue weighted by molar-refractivity contribution is -0.131. The number of hydrogen-bond donors (Lipinski definition) is 1. The van der Waals surface area contributed by atoms with Crippen LogP contribution >= 0.6 is 0 Å². The summed E-state index contributed by atoms with van der Waals surface area (Å²) in [5.41, 5.74) is 3.38. The van der Waals surface area contributed by atoms with Gasteiger partial charge >= 0.3 is 0 Å². The summed E-state index contributed by atoms with van der Waals surface area (Å²) < 4.78 is 0. The van der Waals surface area contributed by atoms with E-state index in [1.54, 1.807) is 0 Å². The standard InChI is InChI=1S/C19H27N3O/c1-21-9-11-22(12-10-21)18(23)14-20-17-13-19(17)8-4-6-15-5-2-3-7-16(15)19/h2-3,5,7,17,20H,4,6,8-14H2,1H3. The van der Waals surface area contributed by atoms with Crippen LogP contribution in [-0.2, 0) is 16.6 Å². The highest BCUT2D eigenvalue weighted by atomic mass is 16.2. The number of nitrogens with zero attached hydrogens (tertiary/aromatic N) is 2. The molecule has 1 amide bonds. The minimum atomic E-state index is 0.268. The fraction of sp³-hybridized carbons (Fsp3) is 0.632. The second kappa shape index (κ2) is 5.91. The highest BCUT2D eigenvalue weighted by Gasteiger charge is 2.56. The molecular weight excluding hydrogens is 286 g/mol. The molecule has 1 aromatic carbocycles. The van der Waals surface area contributed by atoms with Crippen LogP contribution in [0.1, 0.15) is 30.4 Å². The quantitative estimate of drug-likeness (QED) is 0.916. The van der Waals surface area contributed by atoms with Gasteiger partial charge < -0.3 is 15.1 Å². The zero-order valence-electron chi connectivity index (χ0n) is 14.1. The number of amides is 1. The van der Waals surface area contributed by atoms with E-state index in [4.69, 9.17) is 0 Å². The van der Waals surface area contributed by atoms with Crippen LogP contribution in [0, 0.1) is 0 Å². The van der Waals surface area contributed by atoms with E-state index in [9.17, 15) is 4.79 Å². The Morgan fingerprint density at radius 2 is 2.04 bits per heavy atom. The molecule has 1 spiro atoms. The van der Waals surface area contributed by atoms with E-state index in [-0.39, 0.29) is 5.91 Å². The Bertz CT molecular complexity index is 594. The molecule has 1 aliphatic heterocycles. The van der Waals surface area contributed by atoms with Crippen LogP contribution in [0.2, 0.25) is 0 Å². The Morgan fingerprint density at radius 1 is 1.26 bits per heavy atom. The first-order valence-electron chi connectivity index (χ1n) is 8.97. The van der Waals surface area contributed by atoms with Crippen molar-refractivity contribution >= 4 is 5.91 Å². The first-order valence-corrected chi connectivity index (χ1v) is 8.97. The van der Waals surface area contributed by atoms with E-state index < -0.39 is 0 Å². The van der Waals surface area contributed by atoms with Gasteiger partial charge in [-0.15, -0.1) is 0 Å². The molecule has 0 radical (unpaired) electrons. The van der Waals surface area contributed by atoms with Gasteiger partial charge in [-0.05, 0) is 43.9 Å². The molecule has 3 aliphatic rings. The summed E-state index contributed by atoms with van der Waals surface area (Å²) >= 11 is 0. The van der Waals surface area contributed by atoms with E-state index in [1.165, 1.54) is 36.8 Å². The van der Waals surface area contributed by atoms with Crippen LogP contribution in [0.5, 0.6) is 0 Å². The molecule has 0 aromatic heterocycles. The van der Waals surface area contributed by atoms with Gasteiger partial charge in [-0.1, -0.05) is 24.3 Å². The molecule has 2 fully saturated rings. The highest BCUT2D eigenvalue weighted by Crippen LogP contribution is 2.55. The highest BCUT2D eigenvalue weighted by molar-refractivity contribution is 5.78. The van der Waals surface area contributed by atoms with Gasteiger partial charge in [0, 0.05) is 37.6 Å². The first-order chi connectivity index (χ1) is 11.2. The van der Waals surface area contributed by atoms with Gasteiger partial charge in [0.25, 0.3) is 0 Å². The average molecular weight is 313 g/mol. The summed E-state index contributed by atoms with van der Waals surface area (Å²) in [5.74, 6) is 0.268. The molecule has 2 atom stereocenters. The monoisotopic (exact) mass is 313 g/mol. The first kappa shape index (κ1) is 15.2. The molecule has 1 aromatic rings. The molecular formula is C19H27N3O. The van der Waals surface area contributed by atoms with Gasteiger partial charge in [-0.2, -0.15) is 0 Å². The summed E-state index contributed by atoms with van der Waals surface area (Å²) in [7, 11) is 2.12. The van der Waals surface area contributed by atoms with Crippen LogP contribution in [0.4, 0.5) is 0 Å². The number of aryl methyl sites for hydroxylation is 1. The molecule has 23 heavy (non-hydrogen) atoms. The fourth-order valence-corrected chi connectivity index (χ4v) is 4.48. The van der Waals surface area contributed by atoms with Crippen LogP contribution in [0.15, 0.2) is 24.3 Å². The third-order valence-corrected chi connectivity index (χ3v) is 6.05. The van der Waals surface area contributed by atoms with Crippen molar-refractivity contribution in [3.05, 3.63) is 35.4 Å². The molecule has 124 valence electrons. The van der Waals surface area contributed by atoms with Crippen molar-refractivity contribution in [2.45, 2.75) is 37.1 Å². The van der Waals surface area contributed by atoms with E-state index in [1.807, 2.05) is 4.90 Å². The van der Waals surface area contributed by atoms with Crippen molar-refractivity contribution < 1.29 is 4.79 Å². The van der Waals surface area contributed by atoms with Gasteiger partial charge in [0.2, 0.25) is 5.91 Å². The molecule has 1 saturated carbocycles. The van der Waals surface area contributed by atoms with Gasteiger partial charge in [0.05, 0.1) is 6.54 Å². The Labute approximate surface area is 138 Å². The minimum Gasteiger partial charge on any atom is -0.339 e. The van der Waals surface area contributed by atoms with Gasteiger partial charge in [-0.25, -0.2) is 0 Å². The lowest BCUT2D eigenvalue weighted by Gasteiger charge is -2.32. The number of carbonyl (C=O) groups is 1. The predicted octanol–water partition coefficient (Wildman–Crippen LogP) is 1.40. The van der Waals surface area contributed by atoms with Crippen LogP contribution in [0.25, 0.3) is 0 Å². The molecule has 1 N–H and O–H groups in total. The van der Waals surface area contributed by atoms with E-state index >= 15 is 0 Å². The van der Waals surface area contributed by atoms with Crippen molar-refractivity contribution in [1.29, 1.82) is 0 Å². The van der Waals surface area contributed by atoms with E-state index in [0.717, 1.165) is 26.2 Å². The van der Waals surface area contributed by atoms with Crippen LogP contribution in [-0.4, -0.2) is 61.5 Å². The molecule has 4 rings (SSSR count). The molecule has 1 saturated heterocycles. The maximum Gasteiger partial charge on any atom is 0.236 e. The number of likely N-dealkylation sites (N-methyl/N-ethyl adjacent to an activating group) is 1. The van der Waals surface area contributed by atoms with E-state index in [0.29, 0.717) is 18.0 Å². The maximum atomic E-state index is 12.4. The molecule has 2 aliphatic carbocycles. The number of piperazine rings is 1.